The molecule has 0 spiro atoms. The fourth-order valence-corrected chi connectivity index (χ4v) is 2.94. The van der Waals surface area contributed by atoms with E-state index in [4.69, 9.17) is 0 Å². The monoisotopic (exact) mass is 274 g/mol. The summed E-state index contributed by atoms with van der Waals surface area (Å²) < 4.78 is 0. The van der Waals surface area contributed by atoms with Crippen molar-refractivity contribution < 1.29 is 0 Å². The normalized spacial score (nSPS) is 17.7. The molecule has 1 aliphatic carbocycles. The maximum Gasteiger partial charge on any atom is 0.104 e. The summed E-state index contributed by atoms with van der Waals surface area (Å²) in [6.07, 6.45) is 4.46. The molecule has 102 valence electrons. The predicted octanol–water partition coefficient (Wildman–Crippen LogP) is 3.90. The van der Waals surface area contributed by atoms with Gasteiger partial charge in [-0.3, -0.25) is 5.32 Å². The lowest BCUT2D eigenvalue weighted by Crippen LogP contribution is -2.42. The van der Waals surface area contributed by atoms with Gasteiger partial charge in [0.05, 0.1) is 6.07 Å². The molecule has 3 heteroatoms. The Bertz CT molecular complexity index is 445. The van der Waals surface area contributed by atoms with Crippen molar-refractivity contribution >= 4 is 11.8 Å². The lowest BCUT2D eigenvalue weighted by atomic mass is 9.98. The summed E-state index contributed by atoms with van der Waals surface area (Å²) in [6, 6.07) is 11.7. The molecule has 1 unspecified atom stereocenters. The maximum absolute atomic E-state index is 9.29. The number of benzene rings is 1. The van der Waals surface area contributed by atoms with Crippen LogP contribution in [0.2, 0.25) is 0 Å². The second-order valence-electron chi connectivity index (χ2n) is 5.63. The second kappa shape index (κ2) is 6.45. The fraction of sp³-hybridized carbons (Fsp3) is 0.562. The highest BCUT2D eigenvalue weighted by Crippen LogP contribution is 2.26. The van der Waals surface area contributed by atoms with Crippen molar-refractivity contribution in [3.63, 3.8) is 0 Å². The van der Waals surface area contributed by atoms with Crippen LogP contribution in [0.25, 0.3) is 0 Å². The standard InChI is InChI=1S/C16H22N2S/c1-13-4-8-15(9-5-13)19-11-3-10-16(2,12-17)18-14-6-7-14/h4-5,8-9,14,18H,3,6-7,10-11H2,1-2H3. The summed E-state index contributed by atoms with van der Waals surface area (Å²) in [6.45, 7) is 4.14. The molecule has 2 rings (SSSR count). The van der Waals surface area contributed by atoms with Crippen LogP contribution < -0.4 is 5.32 Å². The van der Waals surface area contributed by atoms with Gasteiger partial charge in [-0.15, -0.1) is 11.8 Å². The van der Waals surface area contributed by atoms with Gasteiger partial charge < -0.3 is 0 Å². The van der Waals surface area contributed by atoms with E-state index in [0.717, 1.165) is 18.6 Å². The third-order valence-electron chi connectivity index (χ3n) is 3.46. The molecule has 0 heterocycles. The number of rotatable bonds is 7. The molecule has 19 heavy (non-hydrogen) atoms. The van der Waals surface area contributed by atoms with Gasteiger partial charge in [0.15, 0.2) is 0 Å². The van der Waals surface area contributed by atoms with Crippen molar-refractivity contribution in [2.24, 2.45) is 0 Å². The molecule has 1 aromatic carbocycles. The number of nitrogens with one attached hydrogen (secondary N) is 1. The zero-order valence-corrected chi connectivity index (χ0v) is 12.6. The summed E-state index contributed by atoms with van der Waals surface area (Å²) >= 11 is 1.88. The summed E-state index contributed by atoms with van der Waals surface area (Å²) in [7, 11) is 0. The molecule has 2 nitrogen and oxygen atoms in total. The molecule has 1 N–H and O–H groups in total. The average molecular weight is 274 g/mol. The third-order valence-corrected chi connectivity index (χ3v) is 4.56. The van der Waals surface area contributed by atoms with Gasteiger partial charge in [-0.2, -0.15) is 5.26 Å². The minimum atomic E-state index is -0.338. The largest absolute Gasteiger partial charge is 0.297 e. The molecular weight excluding hydrogens is 252 g/mol. The Morgan fingerprint density at radius 3 is 2.63 bits per heavy atom. The number of thioether (sulfide) groups is 1. The minimum Gasteiger partial charge on any atom is -0.297 e. The first-order valence-electron chi connectivity index (χ1n) is 7.00. The molecule has 1 aromatic rings. The summed E-state index contributed by atoms with van der Waals surface area (Å²) in [5.74, 6) is 1.08. The average Bonchev–Trinajstić information content (AvgIpc) is 3.21. The minimum absolute atomic E-state index is 0.338. The van der Waals surface area contributed by atoms with Gasteiger partial charge in [0.1, 0.15) is 5.54 Å². The van der Waals surface area contributed by atoms with Crippen LogP contribution in [0, 0.1) is 18.3 Å². The summed E-state index contributed by atoms with van der Waals surface area (Å²) in [4.78, 5) is 1.32. The van der Waals surface area contributed by atoms with E-state index in [1.807, 2.05) is 18.7 Å². The topological polar surface area (TPSA) is 35.8 Å². The van der Waals surface area contributed by atoms with Crippen molar-refractivity contribution in [2.45, 2.75) is 56.0 Å². The van der Waals surface area contributed by atoms with Gasteiger partial charge in [0.2, 0.25) is 0 Å². The van der Waals surface area contributed by atoms with Gasteiger partial charge in [0.25, 0.3) is 0 Å². The number of nitriles is 1. The van der Waals surface area contributed by atoms with Crippen LogP contribution >= 0.6 is 11.8 Å². The first-order chi connectivity index (χ1) is 9.11. The number of nitrogens with zero attached hydrogens (tertiary/aromatic N) is 1. The van der Waals surface area contributed by atoms with Crippen LogP contribution in [0.3, 0.4) is 0 Å². The van der Waals surface area contributed by atoms with Gasteiger partial charge in [-0.1, -0.05) is 17.7 Å². The fourth-order valence-electron chi connectivity index (χ4n) is 2.09. The Hall–Kier alpha value is -0.980. The van der Waals surface area contributed by atoms with Crippen molar-refractivity contribution in [1.29, 1.82) is 5.26 Å². The van der Waals surface area contributed by atoms with E-state index in [9.17, 15) is 5.26 Å². The van der Waals surface area contributed by atoms with E-state index in [-0.39, 0.29) is 5.54 Å². The smallest absolute Gasteiger partial charge is 0.104 e. The first kappa shape index (κ1) is 14.4. The van der Waals surface area contributed by atoms with Gasteiger partial charge >= 0.3 is 0 Å². The van der Waals surface area contributed by atoms with Crippen LogP contribution in [0.4, 0.5) is 0 Å². The molecule has 1 saturated carbocycles. The van der Waals surface area contributed by atoms with Crippen LogP contribution in [0.5, 0.6) is 0 Å². The molecule has 0 saturated heterocycles. The Morgan fingerprint density at radius 2 is 2.05 bits per heavy atom. The lowest BCUT2D eigenvalue weighted by Gasteiger charge is -2.23. The molecule has 1 fully saturated rings. The molecule has 0 radical (unpaired) electrons. The zero-order chi connectivity index (χ0) is 13.7. The quantitative estimate of drug-likeness (QED) is 0.605. The SMILES string of the molecule is Cc1ccc(SCCCC(C)(C#N)NC2CC2)cc1. The Labute approximate surface area is 120 Å². The molecule has 1 atom stereocenters. The highest BCUT2D eigenvalue weighted by Gasteiger charge is 2.31. The predicted molar refractivity (Wildman–Crippen MR) is 81.3 cm³/mol. The number of aryl methyl sites for hydroxylation is 1. The van der Waals surface area contributed by atoms with Crippen molar-refractivity contribution in [1.82, 2.24) is 5.32 Å². The zero-order valence-electron chi connectivity index (χ0n) is 11.8. The van der Waals surface area contributed by atoms with E-state index in [0.29, 0.717) is 6.04 Å². The molecule has 1 aliphatic rings. The Kier molecular flexibility index (Phi) is 4.90. The van der Waals surface area contributed by atoms with Gasteiger partial charge in [-0.25, -0.2) is 0 Å². The van der Waals surface area contributed by atoms with Gasteiger partial charge in [-0.05, 0) is 57.4 Å². The van der Waals surface area contributed by atoms with E-state index in [1.165, 1.54) is 23.3 Å². The maximum atomic E-state index is 9.29. The Morgan fingerprint density at radius 1 is 1.37 bits per heavy atom. The van der Waals surface area contributed by atoms with Crippen LogP contribution in [0.1, 0.15) is 38.2 Å². The summed E-state index contributed by atoms with van der Waals surface area (Å²) in [5, 5.41) is 12.7. The van der Waals surface area contributed by atoms with Crippen LogP contribution in [-0.4, -0.2) is 17.3 Å². The summed E-state index contributed by atoms with van der Waals surface area (Å²) in [5.41, 5.74) is 0.963. The molecular formula is C16H22N2S. The van der Waals surface area contributed by atoms with Crippen LogP contribution in [0.15, 0.2) is 29.2 Å². The van der Waals surface area contributed by atoms with E-state index >= 15 is 0 Å². The van der Waals surface area contributed by atoms with Crippen molar-refractivity contribution in [3.05, 3.63) is 29.8 Å². The van der Waals surface area contributed by atoms with E-state index < -0.39 is 0 Å². The van der Waals surface area contributed by atoms with E-state index in [1.54, 1.807) is 0 Å². The molecule has 0 aromatic heterocycles. The van der Waals surface area contributed by atoms with Gasteiger partial charge in [0, 0.05) is 10.9 Å². The highest BCUT2D eigenvalue weighted by molar-refractivity contribution is 7.99. The number of hydrogen-bond acceptors (Lipinski definition) is 3. The highest BCUT2D eigenvalue weighted by atomic mass is 32.2. The second-order valence-corrected chi connectivity index (χ2v) is 6.80. The first-order valence-corrected chi connectivity index (χ1v) is 7.98. The molecule has 0 bridgehead atoms. The lowest BCUT2D eigenvalue weighted by molar-refractivity contribution is 0.412. The van der Waals surface area contributed by atoms with Crippen LogP contribution in [-0.2, 0) is 0 Å². The Balaban J connectivity index is 1.70. The molecule has 0 aliphatic heterocycles. The van der Waals surface area contributed by atoms with Crippen molar-refractivity contribution in [2.75, 3.05) is 5.75 Å². The third kappa shape index (κ3) is 4.89. The van der Waals surface area contributed by atoms with Crippen molar-refractivity contribution in [3.8, 4) is 6.07 Å². The molecule has 0 amide bonds. The van der Waals surface area contributed by atoms with E-state index in [2.05, 4.69) is 42.6 Å². The number of hydrogen-bond donors (Lipinski definition) is 1.